The molecule has 104 valence electrons. The van der Waals surface area contributed by atoms with E-state index >= 15 is 0 Å². The molecule has 0 bridgehead atoms. The summed E-state index contributed by atoms with van der Waals surface area (Å²) in [6.07, 6.45) is 7.83. The van der Waals surface area contributed by atoms with Crippen LogP contribution in [-0.4, -0.2) is 19.5 Å². The fourth-order valence-corrected chi connectivity index (χ4v) is 2.46. The number of hydrogen-bond donors (Lipinski definition) is 2. The normalized spacial score (nSPS) is 12.7. The molecule has 0 amide bonds. The number of hydrogen-bond acceptors (Lipinski definition) is 3. The summed E-state index contributed by atoms with van der Waals surface area (Å²) in [5, 5.41) is 4.62. The van der Waals surface area contributed by atoms with Crippen LogP contribution >= 0.6 is 0 Å². The summed E-state index contributed by atoms with van der Waals surface area (Å²) in [7, 11) is 2.02. The van der Waals surface area contributed by atoms with E-state index in [0.29, 0.717) is 0 Å². The van der Waals surface area contributed by atoms with E-state index in [1.807, 2.05) is 37.8 Å². The van der Waals surface area contributed by atoms with Crippen LogP contribution in [0.1, 0.15) is 31.6 Å². The lowest BCUT2D eigenvalue weighted by atomic mass is 10.1. The van der Waals surface area contributed by atoms with Crippen LogP contribution in [0.15, 0.2) is 36.8 Å². The molecular weight excluding hydrogens is 250 g/mol. The molecule has 1 atom stereocenters. The number of nitrogens with zero attached hydrogens (tertiary/aromatic N) is 3. The van der Waals surface area contributed by atoms with Gasteiger partial charge in [0.2, 0.25) is 0 Å². The lowest BCUT2D eigenvalue weighted by Gasteiger charge is -2.18. The maximum absolute atomic E-state index is 4.59. The van der Waals surface area contributed by atoms with Crippen LogP contribution in [0.2, 0.25) is 0 Å². The Morgan fingerprint density at radius 1 is 1.35 bits per heavy atom. The molecule has 0 aliphatic carbocycles. The van der Waals surface area contributed by atoms with Gasteiger partial charge in [0.1, 0.15) is 17.3 Å². The molecule has 0 aliphatic rings. The monoisotopic (exact) mass is 269 g/mol. The molecule has 0 saturated heterocycles. The summed E-state index contributed by atoms with van der Waals surface area (Å²) >= 11 is 0. The summed E-state index contributed by atoms with van der Waals surface area (Å²) < 4.78 is 2.06. The molecule has 2 N–H and O–H groups in total. The van der Waals surface area contributed by atoms with Gasteiger partial charge in [-0.05, 0) is 24.6 Å². The van der Waals surface area contributed by atoms with Gasteiger partial charge in [-0.2, -0.15) is 0 Å². The van der Waals surface area contributed by atoms with Crippen molar-refractivity contribution in [2.75, 3.05) is 5.32 Å². The number of aromatic nitrogens is 4. The standard InChI is InChI=1S/C15H19N5/c1-3-4-12(15-17-9-10-20(15)2)18-13-6-5-11-7-8-16-14(11)19-13/h5-10,12H,3-4H2,1-2H3,(H2,16,18,19). The summed E-state index contributed by atoms with van der Waals surface area (Å²) in [4.78, 5) is 12.2. The fourth-order valence-electron chi connectivity index (χ4n) is 2.46. The average Bonchev–Trinajstić information content (AvgIpc) is 3.06. The van der Waals surface area contributed by atoms with Crippen LogP contribution in [0.3, 0.4) is 0 Å². The van der Waals surface area contributed by atoms with E-state index in [1.165, 1.54) is 0 Å². The van der Waals surface area contributed by atoms with Crippen molar-refractivity contribution in [3.63, 3.8) is 0 Å². The van der Waals surface area contributed by atoms with Crippen molar-refractivity contribution >= 4 is 16.9 Å². The summed E-state index contributed by atoms with van der Waals surface area (Å²) in [6.45, 7) is 2.18. The molecular formula is C15H19N5. The molecule has 5 heteroatoms. The predicted octanol–water partition coefficient (Wildman–Crippen LogP) is 3.25. The Balaban J connectivity index is 1.87. The minimum atomic E-state index is 0.180. The fraction of sp³-hybridized carbons (Fsp3) is 0.333. The van der Waals surface area contributed by atoms with E-state index in [0.717, 1.165) is 35.5 Å². The Bertz CT molecular complexity index is 697. The van der Waals surface area contributed by atoms with Gasteiger partial charge in [0.25, 0.3) is 0 Å². The summed E-state index contributed by atoms with van der Waals surface area (Å²) in [5.74, 6) is 1.92. The van der Waals surface area contributed by atoms with Gasteiger partial charge >= 0.3 is 0 Å². The topological polar surface area (TPSA) is 58.5 Å². The first kappa shape index (κ1) is 12.7. The number of nitrogens with one attached hydrogen (secondary N) is 2. The largest absolute Gasteiger partial charge is 0.360 e. The van der Waals surface area contributed by atoms with Gasteiger partial charge < -0.3 is 14.9 Å². The van der Waals surface area contributed by atoms with Crippen molar-refractivity contribution in [1.29, 1.82) is 0 Å². The van der Waals surface area contributed by atoms with Crippen LogP contribution in [0, 0.1) is 0 Å². The molecule has 1 unspecified atom stereocenters. The predicted molar refractivity (Wildman–Crippen MR) is 80.6 cm³/mol. The van der Waals surface area contributed by atoms with Crippen LogP contribution in [0.25, 0.3) is 11.0 Å². The number of imidazole rings is 1. The van der Waals surface area contributed by atoms with Crippen LogP contribution in [0.5, 0.6) is 0 Å². The number of aromatic amines is 1. The number of pyridine rings is 1. The number of rotatable bonds is 5. The highest BCUT2D eigenvalue weighted by atomic mass is 15.1. The minimum absolute atomic E-state index is 0.180. The second-order valence-corrected chi connectivity index (χ2v) is 4.99. The van der Waals surface area contributed by atoms with Gasteiger partial charge in [-0.15, -0.1) is 0 Å². The second kappa shape index (κ2) is 5.36. The summed E-state index contributed by atoms with van der Waals surface area (Å²) in [5.41, 5.74) is 0.907. The third-order valence-corrected chi connectivity index (χ3v) is 3.48. The van der Waals surface area contributed by atoms with Crippen molar-refractivity contribution in [2.45, 2.75) is 25.8 Å². The Morgan fingerprint density at radius 2 is 2.25 bits per heavy atom. The quantitative estimate of drug-likeness (QED) is 0.747. The third kappa shape index (κ3) is 2.39. The Labute approximate surface area is 118 Å². The molecule has 0 fully saturated rings. The Kier molecular flexibility index (Phi) is 3.41. The molecule has 20 heavy (non-hydrogen) atoms. The van der Waals surface area contributed by atoms with E-state index in [1.54, 1.807) is 0 Å². The van der Waals surface area contributed by atoms with Crippen molar-refractivity contribution in [1.82, 2.24) is 19.5 Å². The Hall–Kier alpha value is -2.30. The van der Waals surface area contributed by atoms with E-state index < -0.39 is 0 Å². The van der Waals surface area contributed by atoms with E-state index in [9.17, 15) is 0 Å². The minimum Gasteiger partial charge on any atom is -0.360 e. The van der Waals surface area contributed by atoms with Crippen LogP contribution in [-0.2, 0) is 7.05 Å². The molecule has 3 rings (SSSR count). The van der Waals surface area contributed by atoms with Gasteiger partial charge in [0.15, 0.2) is 0 Å². The zero-order chi connectivity index (χ0) is 13.9. The smallest absolute Gasteiger partial charge is 0.139 e. The molecule has 0 aliphatic heterocycles. The van der Waals surface area contributed by atoms with Gasteiger partial charge in [-0.3, -0.25) is 0 Å². The SMILES string of the molecule is CCCC(Nc1ccc2cc[nH]c2n1)c1nccn1C. The maximum Gasteiger partial charge on any atom is 0.139 e. The molecule has 0 saturated carbocycles. The zero-order valence-electron chi connectivity index (χ0n) is 11.8. The highest BCUT2D eigenvalue weighted by Crippen LogP contribution is 2.22. The third-order valence-electron chi connectivity index (χ3n) is 3.48. The van der Waals surface area contributed by atoms with Gasteiger partial charge in [-0.25, -0.2) is 9.97 Å². The summed E-state index contributed by atoms with van der Waals surface area (Å²) in [6, 6.07) is 6.29. The van der Waals surface area contributed by atoms with E-state index in [-0.39, 0.29) is 6.04 Å². The molecule has 3 heterocycles. The van der Waals surface area contributed by atoms with Crippen molar-refractivity contribution in [2.24, 2.45) is 7.05 Å². The van der Waals surface area contributed by atoms with E-state index in [4.69, 9.17) is 0 Å². The van der Waals surface area contributed by atoms with Crippen LogP contribution < -0.4 is 5.32 Å². The number of fused-ring (bicyclic) bond motifs is 1. The van der Waals surface area contributed by atoms with E-state index in [2.05, 4.69) is 37.8 Å². The second-order valence-electron chi connectivity index (χ2n) is 4.99. The number of H-pyrrole nitrogens is 1. The first-order valence-corrected chi connectivity index (χ1v) is 6.96. The van der Waals surface area contributed by atoms with Gasteiger partial charge in [0.05, 0.1) is 6.04 Å². The lowest BCUT2D eigenvalue weighted by molar-refractivity contribution is 0.611. The molecule has 0 radical (unpaired) electrons. The number of anilines is 1. The molecule has 5 nitrogen and oxygen atoms in total. The van der Waals surface area contributed by atoms with Crippen molar-refractivity contribution in [3.05, 3.63) is 42.6 Å². The van der Waals surface area contributed by atoms with Crippen LogP contribution in [0.4, 0.5) is 5.82 Å². The molecule has 0 spiro atoms. The lowest BCUT2D eigenvalue weighted by Crippen LogP contribution is -2.15. The van der Waals surface area contributed by atoms with Crippen molar-refractivity contribution < 1.29 is 0 Å². The maximum atomic E-state index is 4.59. The first-order chi connectivity index (χ1) is 9.78. The molecule has 3 aromatic heterocycles. The molecule has 0 aromatic carbocycles. The molecule has 3 aromatic rings. The van der Waals surface area contributed by atoms with Crippen molar-refractivity contribution in [3.8, 4) is 0 Å². The zero-order valence-corrected chi connectivity index (χ0v) is 11.8. The highest BCUT2D eigenvalue weighted by Gasteiger charge is 2.15. The van der Waals surface area contributed by atoms with Gasteiger partial charge in [-0.1, -0.05) is 13.3 Å². The first-order valence-electron chi connectivity index (χ1n) is 6.96. The Morgan fingerprint density at radius 3 is 3.00 bits per heavy atom. The highest BCUT2D eigenvalue weighted by molar-refractivity contribution is 5.77. The number of aryl methyl sites for hydroxylation is 1. The van der Waals surface area contributed by atoms with Gasteiger partial charge in [0, 0.05) is 31.0 Å². The average molecular weight is 269 g/mol.